The molecule has 76 valence electrons. The minimum absolute atomic E-state index is 0.0338. The molecule has 4 heteroatoms. The Labute approximate surface area is 78.1 Å². The summed E-state index contributed by atoms with van der Waals surface area (Å²) in [5.74, 6) is -0.507. The molecule has 0 saturated carbocycles. The van der Waals surface area contributed by atoms with Gasteiger partial charge >= 0.3 is 0 Å². The van der Waals surface area contributed by atoms with Gasteiger partial charge in [-0.15, -0.1) is 0 Å². The summed E-state index contributed by atoms with van der Waals surface area (Å²) >= 11 is 0. The molecule has 13 heavy (non-hydrogen) atoms. The van der Waals surface area contributed by atoms with Gasteiger partial charge in [-0.25, -0.2) is 0 Å². The predicted molar refractivity (Wildman–Crippen MR) is 44.9 cm³/mol. The van der Waals surface area contributed by atoms with E-state index in [4.69, 9.17) is 18.9 Å². The van der Waals surface area contributed by atoms with Crippen LogP contribution >= 0.6 is 0 Å². The van der Waals surface area contributed by atoms with E-state index in [9.17, 15) is 0 Å². The standard InChI is InChI=1S/C9H16O4/c1-4-10-7-5-6-8(11-7)13-9(2,3)12-6/h6-8H,4-5H2,1-3H3/t6-,7+,8-/m1/s1. The SMILES string of the molecule is CCO[C@@H]1C[C@H]2OC(C)(C)O[C@H]2O1. The van der Waals surface area contributed by atoms with E-state index in [0.717, 1.165) is 6.42 Å². The molecule has 0 aromatic heterocycles. The van der Waals surface area contributed by atoms with Gasteiger partial charge in [0.05, 0.1) is 0 Å². The number of rotatable bonds is 2. The lowest BCUT2D eigenvalue weighted by Crippen LogP contribution is -2.25. The fraction of sp³-hybridized carbons (Fsp3) is 1.00. The molecule has 2 aliphatic rings. The second-order valence-corrected chi connectivity index (χ2v) is 3.80. The maximum absolute atomic E-state index is 5.62. The number of fused-ring (bicyclic) bond motifs is 1. The summed E-state index contributed by atoms with van der Waals surface area (Å²) in [6, 6.07) is 0. The van der Waals surface area contributed by atoms with E-state index < -0.39 is 5.79 Å². The number of ether oxygens (including phenoxy) is 4. The fourth-order valence-corrected chi connectivity index (χ4v) is 1.77. The second kappa shape index (κ2) is 3.20. The van der Waals surface area contributed by atoms with Crippen LogP contribution in [0.2, 0.25) is 0 Å². The second-order valence-electron chi connectivity index (χ2n) is 3.80. The van der Waals surface area contributed by atoms with Gasteiger partial charge in [0.1, 0.15) is 6.10 Å². The van der Waals surface area contributed by atoms with E-state index in [1.54, 1.807) is 0 Å². The molecule has 0 amide bonds. The Morgan fingerprint density at radius 2 is 2.15 bits per heavy atom. The molecule has 0 N–H and O–H groups in total. The quantitative estimate of drug-likeness (QED) is 0.653. The Morgan fingerprint density at radius 1 is 1.38 bits per heavy atom. The average Bonchev–Trinajstić information content (AvgIpc) is 2.41. The van der Waals surface area contributed by atoms with Gasteiger partial charge < -0.3 is 18.9 Å². The van der Waals surface area contributed by atoms with Crippen molar-refractivity contribution in [3.8, 4) is 0 Å². The van der Waals surface area contributed by atoms with Crippen molar-refractivity contribution in [3.05, 3.63) is 0 Å². The minimum atomic E-state index is -0.507. The summed E-state index contributed by atoms with van der Waals surface area (Å²) < 4.78 is 22.0. The minimum Gasteiger partial charge on any atom is -0.353 e. The normalized spacial score (nSPS) is 42.2. The summed E-state index contributed by atoms with van der Waals surface area (Å²) in [7, 11) is 0. The van der Waals surface area contributed by atoms with Crippen LogP contribution in [0, 0.1) is 0 Å². The zero-order valence-corrected chi connectivity index (χ0v) is 8.28. The lowest BCUT2D eigenvalue weighted by atomic mass is 10.3. The molecular formula is C9H16O4. The maximum Gasteiger partial charge on any atom is 0.190 e. The van der Waals surface area contributed by atoms with Crippen molar-refractivity contribution in [1.29, 1.82) is 0 Å². The molecule has 2 rings (SSSR count). The molecule has 0 spiro atoms. The molecule has 0 aliphatic carbocycles. The molecule has 0 aromatic carbocycles. The zero-order valence-electron chi connectivity index (χ0n) is 8.28. The molecule has 3 atom stereocenters. The Hall–Kier alpha value is -0.160. The summed E-state index contributed by atoms with van der Waals surface area (Å²) in [5.41, 5.74) is 0. The highest BCUT2D eigenvalue weighted by atomic mass is 16.9. The smallest absolute Gasteiger partial charge is 0.190 e. The molecule has 2 fully saturated rings. The van der Waals surface area contributed by atoms with E-state index in [0.29, 0.717) is 6.61 Å². The maximum atomic E-state index is 5.62. The highest BCUT2D eigenvalue weighted by molar-refractivity contribution is 4.81. The number of hydrogen-bond acceptors (Lipinski definition) is 4. The summed E-state index contributed by atoms with van der Waals surface area (Å²) in [5, 5.41) is 0. The average molecular weight is 188 g/mol. The van der Waals surface area contributed by atoms with Crippen LogP contribution in [-0.2, 0) is 18.9 Å². The van der Waals surface area contributed by atoms with Gasteiger partial charge in [-0.2, -0.15) is 0 Å². The van der Waals surface area contributed by atoms with Crippen molar-refractivity contribution in [1.82, 2.24) is 0 Å². The molecule has 0 aromatic rings. The van der Waals surface area contributed by atoms with E-state index in [1.807, 2.05) is 20.8 Å². The molecule has 2 heterocycles. The van der Waals surface area contributed by atoms with Crippen LogP contribution in [0.3, 0.4) is 0 Å². The Kier molecular flexibility index (Phi) is 2.32. The first-order valence-electron chi connectivity index (χ1n) is 4.73. The molecule has 0 unspecified atom stereocenters. The predicted octanol–water partition coefficient (Wildman–Crippen LogP) is 1.25. The largest absolute Gasteiger partial charge is 0.353 e. The lowest BCUT2D eigenvalue weighted by molar-refractivity contribution is -0.243. The molecule has 0 bridgehead atoms. The van der Waals surface area contributed by atoms with Gasteiger partial charge in [0.15, 0.2) is 18.4 Å². The molecule has 4 nitrogen and oxygen atoms in total. The third-order valence-electron chi connectivity index (χ3n) is 2.20. The van der Waals surface area contributed by atoms with Gasteiger partial charge in [0.25, 0.3) is 0 Å². The molecule has 0 radical (unpaired) electrons. The first kappa shape index (κ1) is 9.40. The van der Waals surface area contributed by atoms with Gasteiger partial charge in [0, 0.05) is 13.0 Å². The van der Waals surface area contributed by atoms with Crippen molar-refractivity contribution in [2.24, 2.45) is 0 Å². The summed E-state index contributed by atoms with van der Waals surface area (Å²) in [6.07, 6.45) is 0.399. The molecular weight excluding hydrogens is 172 g/mol. The van der Waals surface area contributed by atoms with Crippen molar-refractivity contribution in [2.75, 3.05) is 6.61 Å². The van der Waals surface area contributed by atoms with Crippen molar-refractivity contribution < 1.29 is 18.9 Å². The van der Waals surface area contributed by atoms with Crippen LogP contribution in [-0.4, -0.2) is 31.1 Å². The van der Waals surface area contributed by atoms with Crippen LogP contribution in [0.15, 0.2) is 0 Å². The van der Waals surface area contributed by atoms with Crippen LogP contribution in [0.25, 0.3) is 0 Å². The van der Waals surface area contributed by atoms with Crippen molar-refractivity contribution in [2.45, 2.75) is 51.7 Å². The van der Waals surface area contributed by atoms with Crippen molar-refractivity contribution >= 4 is 0 Å². The fourth-order valence-electron chi connectivity index (χ4n) is 1.77. The third-order valence-corrected chi connectivity index (χ3v) is 2.20. The van der Waals surface area contributed by atoms with Gasteiger partial charge in [-0.1, -0.05) is 0 Å². The van der Waals surface area contributed by atoms with E-state index in [-0.39, 0.29) is 18.7 Å². The van der Waals surface area contributed by atoms with Gasteiger partial charge in [-0.3, -0.25) is 0 Å². The zero-order chi connectivity index (χ0) is 9.47. The summed E-state index contributed by atoms with van der Waals surface area (Å²) in [4.78, 5) is 0. The van der Waals surface area contributed by atoms with Crippen LogP contribution in [0.1, 0.15) is 27.2 Å². The first-order chi connectivity index (χ1) is 6.11. The lowest BCUT2D eigenvalue weighted by Gasteiger charge is -2.20. The molecule has 2 saturated heterocycles. The number of hydrogen-bond donors (Lipinski definition) is 0. The van der Waals surface area contributed by atoms with Crippen LogP contribution < -0.4 is 0 Å². The van der Waals surface area contributed by atoms with Crippen LogP contribution in [0.5, 0.6) is 0 Å². The van der Waals surface area contributed by atoms with E-state index in [1.165, 1.54) is 0 Å². The third kappa shape index (κ3) is 1.86. The monoisotopic (exact) mass is 188 g/mol. The Balaban J connectivity index is 1.90. The topological polar surface area (TPSA) is 36.9 Å². The van der Waals surface area contributed by atoms with Crippen LogP contribution in [0.4, 0.5) is 0 Å². The Bertz CT molecular complexity index is 176. The van der Waals surface area contributed by atoms with Crippen molar-refractivity contribution in [3.63, 3.8) is 0 Å². The van der Waals surface area contributed by atoms with E-state index in [2.05, 4.69) is 0 Å². The van der Waals surface area contributed by atoms with Gasteiger partial charge in [0.2, 0.25) is 0 Å². The summed E-state index contributed by atoms with van der Waals surface area (Å²) in [6.45, 7) is 6.39. The highest BCUT2D eigenvalue weighted by Crippen LogP contribution is 2.37. The Morgan fingerprint density at radius 3 is 2.77 bits per heavy atom. The highest BCUT2D eigenvalue weighted by Gasteiger charge is 2.48. The van der Waals surface area contributed by atoms with E-state index >= 15 is 0 Å². The molecule has 2 aliphatic heterocycles. The first-order valence-corrected chi connectivity index (χ1v) is 4.73. The van der Waals surface area contributed by atoms with Gasteiger partial charge in [-0.05, 0) is 20.8 Å².